The van der Waals surface area contributed by atoms with Gasteiger partial charge in [0.05, 0.1) is 0 Å². The van der Waals surface area contributed by atoms with E-state index in [2.05, 4.69) is 11.4 Å². The third-order valence-corrected chi connectivity index (χ3v) is 4.09. The van der Waals surface area contributed by atoms with Crippen LogP contribution in [-0.4, -0.2) is 42.3 Å². The molecule has 1 heterocycles. The quantitative estimate of drug-likeness (QED) is 0.807. The number of likely N-dealkylation sites (tertiary alicyclic amines) is 1. The van der Waals surface area contributed by atoms with Crippen LogP contribution in [-0.2, 0) is 4.74 Å². The van der Waals surface area contributed by atoms with Crippen molar-refractivity contribution < 1.29 is 9.53 Å². The molecule has 2 aliphatic rings. The van der Waals surface area contributed by atoms with Crippen molar-refractivity contribution in [1.82, 2.24) is 10.2 Å². The lowest BCUT2D eigenvalue weighted by Gasteiger charge is -2.34. The average Bonchev–Trinajstić information content (AvgIpc) is 2.90. The molecule has 1 fully saturated rings. The molecule has 1 unspecified atom stereocenters. The lowest BCUT2D eigenvalue weighted by atomic mass is 10.1. The molecule has 4 nitrogen and oxygen atoms in total. The molecule has 0 aromatic carbocycles. The Balaban J connectivity index is 1.71. The number of ether oxygens (including phenoxy) is 1. The summed E-state index contributed by atoms with van der Waals surface area (Å²) in [6, 6.07) is 0.410. The van der Waals surface area contributed by atoms with Crippen LogP contribution < -0.4 is 5.32 Å². The Morgan fingerprint density at radius 1 is 1.43 bits per heavy atom. The van der Waals surface area contributed by atoms with Crippen LogP contribution in [0.5, 0.6) is 0 Å². The van der Waals surface area contributed by atoms with Crippen LogP contribution in [0.25, 0.3) is 0 Å². The Labute approximate surface area is 128 Å². The Morgan fingerprint density at radius 3 is 2.90 bits per heavy atom. The summed E-state index contributed by atoms with van der Waals surface area (Å²) in [5, 5.41) is 3.61. The maximum atomic E-state index is 12.1. The van der Waals surface area contributed by atoms with Gasteiger partial charge in [0, 0.05) is 19.1 Å². The molecule has 4 heteroatoms. The molecule has 2 rings (SSSR count). The van der Waals surface area contributed by atoms with Crippen molar-refractivity contribution in [3.8, 4) is 0 Å². The molecule has 0 aromatic rings. The monoisotopic (exact) mass is 294 g/mol. The van der Waals surface area contributed by atoms with Gasteiger partial charge in [-0.1, -0.05) is 11.6 Å². The Morgan fingerprint density at radius 2 is 2.24 bits per heavy atom. The average molecular weight is 294 g/mol. The van der Waals surface area contributed by atoms with E-state index < -0.39 is 5.60 Å². The van der Waals surface area contributed by atoms with Gasteiger partial charge in [0.25, 0.3) is 0 Å². The summed E-state index contributed by atoms with van der Waals surface area (Å²) in [6.07, 6.45) is 9.43. The molecule has 120 valence electrons. The highest BCUT2D eigenvalue weighted by Crippen LogP contribution is 2.20. The molecule has 1 amide bonds. The van der Waals surface area contributed by atoms with Gasteiger partial charge in [-0.05, 0) is 65.8 Å². The molecule has 1 atom stereocenters. The van der Waals surface area contributed by atoms with Crippen molar-refractivity contribution in [3.05, 3.63) is 11.6 Å². The lowest BCUT2D eigenvalue weighted by Crippen LogP contribution is -2.49. The van der Waals surface area contributed by atoms with Crippen molar-refractivity contribution in [3.63, 3.8) is 0 Å². The zero-order valence-electron chi connectivity index (χ0n) is 13.8. The first kappa shape index (κ1) is 16.3. The van der Waals surface area contributed by atoms with Crippen LogP contribution in [0.3, 0.4) is 0 Å². The second-order valence-corrected chi connectivity index (χ2v) is 7.22. The van der Waals surface area contributed by atoms with Crippen LogP contribution in [0.1, 0.15) is 59.3 Å². The van der Waals surface area contributed by atoms with E-state index in [9.17, 15) is 4.79 Å². The molecule has 1 N–H and O–H groups in total. The summed E-state index contributed by atoms with van der Waals surface area (Å²) in [7, 11) is 0. The molecule has 1 aliphatic carbocycles. The second-order valence-electron chi connectivity index (χ2n) is 7.22. The Bertz CT molecular complexity index is 385. The minimum Gasteiger partial charge on any atom is -0.444 e. The van der Waals surface area contributed by atoms with Gasteiger partial charge in [-0.25, -0.2) is 4.79 Å². The number of rotatable bonds is 4. The van der Waals surface area contributed by atoms with Crippen LogP contribution in [0.15, 0.2) is 11.6 Å². The predicted octanol–water partition coefficient (Wildman–Crippen LogP) is 3.48. The number of hydrogen-bond acceptors (Lipinski definition) is 3. The molecule has 0 saturated carbocycles. The number of nitrogens with one attached hydrogen (secondary N) is 1. The van der Waals surface area contributed by atoms with E-state index in [1.165, 1.54) is 19.3 Å². The van der Waals surface area contributed by atoms with E-state index in [4.69, 9.17) is 4.74 Å². The van der Waals surface area contributed by atoms with Crippen molar-refractivity contribution in [2.24, 2.45) is 0 Å². The van der Waals surface area contributed by atoms with Crippen LogP contribution in [0.2, 0.25) is 0 Å². The largest absolute Gasteiger partial charge is 0.444 e. The fourth-order valence-corrected chi connectivity index (χ4v) is 3.04. The molecule has 1 saturated heterocycles. The number of carbonyl (C=O) groups is 1. The predicted molar refractivity (Wildman–Crippen MR) is 85.4 cm³/mol. The van der Waals surface area contributed by atoms with Gasteiger partial charge in [-0.3, -0.25) is 0 Å². The lowest BCUT2D eigenvalue weighted by molar-refractivity contribution is 0.0188. The molecule has 1 aliphatic heterocycles. The van der Waals surface area contributed by atoms with Gasteiger partial charge in [-0.15, -0.1) is 0 Å². The van der Waals surface area contributed by atoms with Crippen LogP contribution >= 0.6 is 0 Å². The van der Waals surface area contributed by atoms with E-state index in [0.29, 0.717) is 6.04 Å². The first-order valence-corrected chi connectivity index (χ1v) is 8.33. The minimum atomic E-state index is -0.410. The van der Waals surface area contributed by atoms with E-state index >= 15 is 0 Å². The molecule has 0 spiro atoms. The maximum absolute atomic E-state index is 12.1. The van der Waals surface area contributed by atoms with Gasteiger partial charge in [0.2, 0.25) is 0 Å². The van der Waals surface area contributed by atoms with Crippen molar-refractivity contribution in [2.75, 3.05) is 19.6 Å². The first-order chi connectivity index (χ1) is 9.94. The standard InChI is InChI=1S/C17H30N2O2/c1-17(2,3)21-16(20)19-12-6-9-15(13-19)18-11-10-14-7-4-5-8-14/h7,15,18H,4-6,8-13H2,1-3H3. The number of hydrogen-bond donors (Lipinski definition) is 1. The van der Waals surface area contributed by atoms with Crippen molar-refractivity contribution in [2.45, 2.75) is 70.9 Å². The van der Waals surface area contributed by atoms with E-state index in [1.54, 1.807) is 5.57 Å². The maximum Gasteiger partial charge on any atom is 0.410 e. The summed E-state index contributed by atoms with van der Waals surface area (Å²) < 4.78 is 5.46. The summed E-state index contributed by atoms with van der Waals surface area (Å²) >= 11 is 0. The number of piperidine rings is 1. The fraction of sp³-hybridized carbons (Fsp3) is 0.824. The highest BCUT2D eigenvalue weighted by molar-refractivity contribution is 5.68. The molecule has 0 radical (unpaired) electrons. The third-order valence-electron chi connectivity index (χ3n) is 4.09. The highest BCUT2D eigenvalue weighted by atomic mass is 16.6. The zero-order chi connectivity index (χ0) is 15.3. The molecular weight excluding hydrogens is 264 g/mol. The van der Waals surface area contributed by atoms with Crippen LogP contribution in [0.4, 0.5) is 4.79 Å². The van der Waals surface area contributed by atoms with Gasteiger partial charge < -0.3 is 15.0 Å². The Hall–Kier alpha value is -1.03. The molecular formula is C17H30N2O2. The molecule has 0 bridgehead atoms. The SMILES string of the molecule is CC(C)(C)OC(=O)N1CCCC(NCCC2=CCCC2)C1. The van der Waals surface area contributed by atoms with Gasteiger partial charge in [0.1, 0.15) is 5.60 Å². The smallest absolute Gasteiger partial charge is 0.410 e. The number of nitrogens with zero attached hydrogens (tertiary/aromatic N) is 1. The molecule has 0 aromatic heterocycles. The topological polar surface area (TPSA) is 41.6 Å². The molecule has 21 heavy (non-hydrogen) atoms. The summed E-state index contributed by atoms with van der Waals surface area (Å²) in [6.45, 7) is 8.37. The summed E-state index contributed by atoms with van der Waals surface area (Å²) in [5.41, 5.74) is 1.19. The normalized spacial score (nSPS) is 23.1. The second kappa shape index (κ2) is 7.30. The van der Waals surface area contributed by atoms with Crippen molar-refractivity contribution in [1.29, 1.82) is 0 Å². The first-order valence-electron chi connectivity index (χ1n) is 8.33. The third kappa shape index (κ3) is 5.70. The van der Waals surface area contributed by atoms with Crippen molar-refractivity contribution >= 4 is 6.09 Å². The van der Waals surface area contributed by atoms with E-state index in [0.717, 1.165) is 38.9 Å². The summed E-state index contributed by atoms with van der Waals surface area (Å²) in [5.74, 6) is 0. The zero-order valence-corrected chi connectivity index (χ0v) is 13.8. The van der Waals surface area contributed by atoms with Gasteiger partial charge >= 0.3 is 6.09 Å². The van der Waals surface area contributed by atoms with Gasteiger partial charge in [-0.2, -0.15) is 0 Å². The number of allylic oxidation sites excluding steroid dienone is 1. The van der Waals surface area contributed by atoms with E-state index in [-0.39, 0.29) is 6.09 Å². The highest BCUT2D eigenvalue weighted by Gasteiger charge is 2.27. The minimum absolute atomic E-state index is 0.174. The van der Waals surface area contributed by atoms with Crippen LogP contribution in [0, 0.1) is 0 Å². The summed E-state index contributed by atoms with van der Waals surface area (Å²) in [4.78, 5) is 14.0. The Kier molecular flexibility index (Phi) is 5.68. The fourth-order valence-electron chi connectivity index (χ4n) is 3.04. The number of amides is 1. The van der Waals surface area contributed by atoms with E-state index in [1.807, 2.05) is 25.7 Å². The number of carbonyl (C=O) groups excluding carboxylic acids is 1. The van der Waals surface area contributed by atoms with Gasteiger partial charge in [0.15, 0.2) is 0 Å².